The van der Waals surface area contributed by atoms with E-state index in [1.54, 1.807) is 31.4 Å². The average Bonchev–Trinajstić information content (AvgIpc) is 3.14. The molecule has 9 heteroatoms. The summed E-state index contributed by atoms with van der Waals surface area (Å²) in [6, 6.07) is 8.50. The van der Waals surface area contributed by atoms with Crippen molar-refractivity contribution in [1.82, 2.24) is 20.5 Å². The predicted molar refractivity (Wildman–Crippen MR) is 132 cm³/mol. The smallest absolute Gasteiger partial charge is 0.322 e. The first kappa shape index (κ1) is 24.7. The number of anilines is 1. The van der Waals surface area contributed by atoms with Crippen molar-refractivity contribution in [3.8, 4) is 0 Å². The number of benzene rings is 1. The van der Waals surface area contributed by atoms with Crippen LogP contribution in [-0.2, 0) is 15.1 Å². The van der Waals surface area contributed by atoms with E-state index in [9.17, 15) is 14.4 Å². The molecule has 2 N–H and O–H groups in total. The Bertz CT molecular complexity index is 1140. The third-order valence-corrected chi connectivity index (χ3v) is 7.01. The molecule has 0 bridgehead atoms. The van der Waals surface area contributed by atoms with Crippen molar-refractivity contribution in [2.45, 2.75) is 33.2 Å². The molecule has 186 valence electrons. The summed E-state index contributed by atoms with van der Waals surface area (Å²) in [7, 11) is 1.56. The molecule has 0 aliphatic carbocycles. The number of aromatic nitrogens is 1. The lowest BCUT2D eigenvalue weighted by Gasteiger charge is -2.41. The number of imide groups is 1. The van der Waals surface area contributed by atoms with Gasteiger partial charge in [-0.15, -0.1) is 0 Å². The van der Waals surface area contributed by atoms with Gasteiger partial charge in [-0.2, -0.15) is 0 Å². The van der Waals surface area contributed by atoms with Gasteiger partial charge in [0.15, 0.2) is 5.54 Å². The van der Waals surface area contributed by atoms with Gasteiger partial charge < -0.3 is 19.9 Å². The highest BCUT2D eigenvalue weighted by molar-refractivity contribution is 6.08. The quantitative estimate of drug-likeness (QED) is 0.617. The maximum Gasteiger partial charge on any atom is 0.322 e. The zero-order valence-electron chi connectivity index (χ0n) is 21.0. The van der Waals surface area contributed by atoms with Crippen LogP contribution >= 0.6 is 0 Å². The fourth-order valence-corrected chi connectivity index (χ4v) is 5.20. The summed E-state index contributed by atoms with van der Waals surface area (Å²) in [5.41, 5.74) is 1.37. The van der Waals surface area contributed by atoms with Gasteiger partial charge in [0.05, 0.1) is 6.61 Å². The third-order valence-electron chi connectivity index (χ3n) is 7.01. The molecule has 1 unspecified atom stereocenters. The van der Waals surface area contributed by atoms with Crippen molar-refractivity contribution < 1.29 is 19.1 Å². The number of carbonyl (C=O) groups excluding carboxylic acids is 3. The monoisotopic (exact) mass is 479 g/mol. The fraction of sp³-hybridized carbons (Fsp3) is 0.462. The molecule has 1 atom stereocenters. The third kappa shape index (κ3) is 4.36. The van der Waals surface area contributed by atoms with Gasteiger partial charge >= 0.3 is 6.03 Å². The number of piperazine rings is 1. The van der Waals surface area contributed by atoms with Crippen molar-refractivity contribution in [2.75, 3.05) is 44.8 Å². The van der Waals surface area contributed by atoms with Crippen LogP contribution in [0.2, 0.25) is 0 Å². The first-order valence-electron chi connectivity index (χ1n) is 11.8. The van der Waals surface area contributed by atoms with E-state index >= 15 is 0 Å². The molecule has 2 aliphatic heterocycles. The Balaban J connectivity index is 1.50. The lowest BCUT2D eigenvalue weighted by molar-refractivity contribution is -0.130. The molecule has 4 rings (SSSR count). The number of methoxy groups -OCH3 is 1. The van der Waals surface area contributed by atoms with E-state index in [-0.39, 0.29) is 12.5 Å². The minimum atomic E-state index is -1.30. The van der Waals surface area contributed by atoms with Crippen LogP contribution in [-0.4, -0.2) is 67.6 Å². The Hall–Kier alpha value is -3.46. The standard InChI is InChI=1S/C26H33N5O4/c1-17-14-18(2)21(27-15-17)30-10-12-31(13-11-30)22(32)19-6-8-20(9-7-19)26(25(3,4)16-35-5)23(33)28-24(34)29-26/h6-9,14-15H,10-13,16H2,1-5H3,(H2,28,29,33,34). The van der Waals surface area contributed by atoms with E-state index in [2.05, 4.69) is 33.5 Å². The van der Waals surface area contributed by atoms with Crippen molar-refractivity contribution in [1.29, 1.82) is 0 Å². The zero-order valence-corrected chi connectivity index (χ0v) is 21.0. The number of nitrogens with one attached hydrogen (secondary N) is 2. The molecule has 2 saturated heterocycles. The van der Waals surface area contributed by atoms with Crippen LogP contribution in [0.25, 0.3) is 0 Å². The Labute approximate surface area is 205 Å². The molecular weight excluding hydrogens is 446 g/mol. The first-order chi connectivity index (χ1) is 16.6. The number of pyridine rings is 1. The van der Waals surface area contributed by atoms with Crippen LogP contribution in [0.15, 0.2) is 36.5 Å². The van der Waals surface area contributed by atoms with Crippen molar-refractivity contribution >= 4 is 23.7 Å². The molecule has 0 radical (unpaired) electrons. The summed E-state index contributed by atoms with van der Waals surface area (Å²) >= 11 is 0. The number of ether oxygens (including phenoxy) is 1. The minimum Gasteiger partial charge on any atom is -0.384 e. The van der Waals surface area contributed by atoms with Crippen LogP contribution in [0.3, 0.4) is 0 Å². The highest BCUT2D eigenvalue weighted by atomic mass is 16.5. The Morgan fingerprint density at radius 1 is 1.11 bits per heavy atom. The van der Waals surface area contributed by atoms with E-state index in [1.807, 2.05) is 31.9 Å². The van der Waals surface area contributed by atoms with Crippen molar-refractivity contribution in [3.05, 3.63) is 58.8 Å². The highest BCUT2D eigenvalue weighted by Crippen LogP contribution is 2.42. The second kappa shape index (κ2) is 9.30. The molecule has 2 aliphatic rings. The summed E-state index contributed by atoms with van der Waals surface area (Å²) in [5.74, 6) is 0.475. The number of carbonyl (C=O) groups is 3. The highest BCUT2D eigenvalue weighted by Gasteiger charge is 2.57. The topological polar surface area (TPSA) is 104 Å². The number of hydrogen-bond acceptors (Lipinski definition) is 6. The Morgan fingerprint density at radius 3 is 2.31 bits per heavy atom. The SMILES string of the molecule is COCC(C)(C)C1(c2ccc(C(=O)N3CCN(c4ncc(C)cc4C)CC3)cc2)NC(=O)NC1=O. The summed E-state index contributed by atoms with van der Waals surface area (Å²) in [5, 5.41) is 5.17. The van der Waals surface area contributed by atoms with Crippen molar-refractivity contribution in [2.24, 2.45) is 5.41 Å². The summed E-state index contributed by atoms with van der Waals surface area (Å²) in [6.07, 6.45) is 1.87. The second-order valence-electron chi connectivity index (χ2n) is 9.98. The molecule has 0 saturated carbocycles. The molecule has 3 heterocycles. The molecule has 9 nitrogen and oxygen atoms in total. The number of hydrogen-bond donors (Lipinski definition) is 2. The number of nitrogens with zero attached hydrogens (tertiary/aromatic N) is 3. The number of aryl methyl sites for hydroxylation is 2. The van der Waals surface area contributed by atoms with Gasteiger partial charge in [-0.1, -0.05) is 32.0 Å². The molecule has 4 amide bonds. The first-order valence-corrected chi connectivity index (χ1v) is 11.8. The maximum atomic E-state index is 13.2. The van der Waals surface area contributed by atoms with Gasteiger partial charge in [-0.25, -0.2) is 9.78 Å². The lowest BCUT2D eigenvalue weighted by Crippen LogP contribution is -2.56. The van der Waals surface area contributed by atoms with Crippen LogP contribution in [0.5, 0.6) is 0 Å². The summed E-state index contributed by atoms with van der Waals surface area (Å²) < 4.78 is 5.34. The van der Waals surface area contributed by atoms with Gasteiger partial charge in [0.25, 0.3) is 11.8 Å². The molecular formula is C26H33N5O4. The molecule has 1 aromatic carbocycles. The predicted octanol–water partition coefficient (Wildman–Crippen LogP) is 2.37. The zero-order chi connectivity index (χ0) is 25.4. The molecule has 1 aromatic heterocycles. The minimum absolute atomic E-state index is 0.0603. The van der Waals surface area contributed by atoms with E-state index < -0.39 is 22.9 Å². The van der Waals surface area contributed by atoms with Crippen LogP contribution in [0.1, 0.15) is 40.9 Å². The van der Waals surface area contributed by atoms with E-state index in [1.165, 1.54) is 0 Å². The van der Waals surface area contributed by atoms with E-state index in [0.29, 0.717) is 37.3 Å². The van der Waals surface area contributed by atoms with Gasteiger partial charge in [0.2, 0.25) is 0 Å². The number of amides is 4. The lowest BCUT2D eigenvalue weighted by atomic mass is 9.68. The van der Waals surface area contributed by atoms with E-state index in [0.717, 1.165) is 16.9 Å². The van der Waals surface area contributed by atoms with Gasteiger partial charge in [-0.05, 0) is 42.7 Å². The van der Waals surface area contributed by atoms with Crippen molar-refractivity contribution in [3.63, 3.8) is 0 Å². The normalized spacial score (nSPS) is 20.6. The Kier molecular flexibility index (Phi) is 6.55. The van der Waals surface area contributed by atoms with Gasteiger partial charge in [-0.3, -0.25) is 14.9 Å². The van der Waals surface area contributed by atoms with Crippen LogP contribution in [0.4, 0.5) is 10.6 Å². The van der Waals surface area contributed by atoms with E-state index in [4.69, 9.17) is 4.74 Å². The van der Waals surface area contributed by atoms with Crippen LogP contribution in [0, 0.1) is 19.3 Å². The van der Waals surface area contributed by atoms with Crippen LogP contribution < -0.4 is 15.5 Å². The largest absolute Gasteiger partial charge is 0.384 e. The molecule has 2 fully saturated rings. The Morgan fingerprint density at radius 2 is 1.77 bits per heavy atom. The molecule has 2 aromatic rings. The number of urea groups is 1. The molecule has 35 heavy (non-hydrogen) atoms. The molecule has 0 spiro atoms. The summed E-state index contributed by atoms with van der Waals surface area (Å²) in [4.78, 5) is 46.9. The fourth-order valence-electron chi connectivity index (χ4n) is 5.20. The van der Waals surface area contributed by atoms with Gasteiger partial charge in [0.1, 0.15) is 5.82 Å². The maximum absolute atomic E-state index is 13.2. The summed E-state index contributed by atoms with van der Waals surface area (Å²) in [6.45, 7) is 10.7. The van der Waals surface area contributed by atoms with Gasteiger partial charge in [0, 0.05) is 50.5 Å². The number of rotatable bonds is 6. The second-order valence-corrected chi connectivity index (χ2v) is 9.98. The average molecular weight is 480 g/mol.